The normalized spacial score (nSPS) is 16.1. The molecular formula is C22H25Cl2N3O3. The largest absolute Gasteiger partial charge is 0.492 e. The minimum Gasteiger partial charge on any atom is -0.492 e. The van der Waals surface area contributed by atoms with E-state index in [9.17, 15) is 9.59 Å². The van der Waals surface area contributed by atoms with Crippen molar-refractivity contribution >= 4 is 35.0 Å². The first-order valence-corrected chi connectivity index (χ1v) is 10.6. The molecule has 0 spiro atoms. The van der Waals surface area contributed by atoms with Gasteiger partial charge in [-0.05, 0) is 61.7 Å². The maximum atomic E-state index is 12.6. The summed E-state index contributed by atoms with van der Waals surface area (Å²) in [6.45, 7) is 4.39. The maximum absolute atomic E-state index is 12.6. The Balaban J connectivity index is 1.65. The molecule has 0 unspecified atom stereocenters. The molecule has 2 aromatic rings. The smallest absolute Gasteiger partial charge is 0.252 e. The van der Waals surface area contributed by atoms with Crippen LogP contribution in [0.1, 0.15) is 35.7 Å². The maximum Gasteiger partial charge on any atom is 0.252 e. The molecule has 1 heterocycles. The second-order valence-electron chi connectivity index (χ2n) is 7.38. The third kappa shape index (κ3) is 5.25. The van der Waals surface area contributed by atoms with Gasteiger partial charge in [0.15, 0.2) is 0 Å². The second-order valence-corrected chi connectivity index (χ2v) is 8.22. The molecule has 0 atom stereocenters. The van der Waals surface area contributed by atoms with Gasteiger partial charge in [-0.15, -0.1) is 0 Å². The van der Waals surface area contributed by atoms with Gasteiger partial charge in [0.2, 0.25) is 5.91 Å². The lowest BCUT2D eigenvalue weighted by Crippen LogP contribution is -2.62. The van der Waals surface area contributed by atoms with Crippen LogP contribution in [0.4, 0.5) is 0 Å². The average Bonchev–Trinajstić information content (AvgIpc) is 2.72. The number of carbonyl (C=O) groups excluding carboxylic acids is 2. The monoisotopic (exact) mass is 449 g/mol. The van der Waals surface area contributed by atoms with E-state index >= 15 is 0 Å². The number of carbonyl (C=O) groups is 2. The predicted molar refractivity (Wildman–Crippen MR) is 118 cm³/mol. The number of primary amides is 1. The Morgan fingerprint density at radius 1 is 1.13 bits per heavy atom. The summed E-state index contributed by atoms with van der Waals surface area (Å²) in [5, 5.41) is 3.99. The number of hydrogen-bond acceptors (Lipinski definition) is 4. The van der Waals surface area contributed by atoms with Crippen molar-refractivity contribution in [2.24, 2.45) is 5.73 Å². The third-order valence-corrected chi connectivity index (χ3v) is 5.91. The number of nitrogens with one attached hydrogen (secondary N) is 1. The van der Waals surface area contributed by atoms with E-state index in [1.165, 1.54) is 0 Å². The molecule has 1 fully saturated rings. The Morgan fingerprint density at radius 3 is 2.40 bits per heavy atom. The van der Waals surface area contributed by atoms with Crippen LogP contribution in [0.15, 0.2) is 42.5 Å². The minimum atomic E-state index is -1.07. The van der Waals surface area contributed by atoms with E-state index in [-0.39, 0.29) is 5.91 Å². The fourth-order valence-corrected chi connectivity index (χ4v) is 3.89. The first-order valence-electron chi connectivity index (χ1n) is 9.84. The molecule has 0 aliphatic carbocycles. The third-order valence-electron chi connectivity index (χ3n) is 5.34. The predicted octanol–water partition coefficient (Wildman–Crippen LogP) is 3.64. The highest BCUT2D eigenvalue weighted by Crippen LogP contribution is 2.28. The lowest BCUT2D eigenvalue weighted by molar-refractivity contribution is -0.126. The molecule has 30 heavy (non-hydrogen) atoms. The van der Waals surface area contributed by atoms with E-state index in [0.29, 0.717) is 60.4 Å². The summed E-state index contributed by atoms with van der Waals surface area (Å²) in [5.41, 5.74) is 6.14. The van der Waals surface area contributed by atoms with E-state index in [4.69, 9.17) is 33.7 Å². The van der Waals surface area contributed by atoms with Crippen molar-refractivity contribution in [1.29, 1.82) is 0 Å². The van der Waals surface area contributed by atoms with Crippen LogP contribution in [-0.4, -0.2) is 41.9 Å². The van der Waals surface area contributed by atoms with Gasteiger partial charge in [0.1, 0.15) is 11.3 Å². The Labute approximate surface area is 186 Å². The molecule has 160 valence electrons. The first-order chi connectivity index (χ1) is 14.3. The van der Waals surface area contributed by atoms with Gasteiger partial charge in [-0.1, -0.05) is 29.3 Å². The van der Waals surface area contributed by atoms with Crippen molar-refractivity contribution in [3.05, 3.63) is 63.6 Å². The number of likely N-dealkylation sites (tertiary alicyclic amines) is 1. The molecule has 1 aliphatic heterocycles. The molecule has 8 heteroatoms. The molecule has 6 nitrogen and oxygen atoms in total. The highest BCUT2D eigenvalue weighted by molar-refractivity contribution is 6.32. The summed E-state index contributed by atoms with van der Waals surface area (Å²) in [6, 6.07) is 12.2. The van der Waals surface area contributed by atoms with E-state index in [0.717, 1.165) is 5.56 Å². The van der Waals surface area contributed by atoms with Gasteiger partial charge in [-0.2, -0.15) is 0 Å². The van der Waals surface area contributed by atoms with Crippen LogP contribution in [-0.2, 0) is 11.3 Å². The van der Waals surface area contributed by atoms with E-state index < -0.39 is 11.4 Å². The molecule has 0 radical (unpaired) electrons. The number of nitrogens with two attached hydrogens (primary N) is 1. The van der Waals surface area contributed by atoms with Gasteiger partial charge in [0, 0.05) is 30.2 Å². The van der Waals surface area contributed by atoms with Gasteiger partial charge in [0.05, 0.1) is 11.6 Å². The van der Waals surface area contributed by atoms with Gasteiger partial charge < -0.3 is 15.8 Å². The Kier molecular flexibility index (Phi) is 7.23. The van der Waals surface area contributed by atoms with Crippen molar-refractivity contribution in [2.75, 3.05) is 19.7 Å². The van der Waals surface area contributed by atoms with Crippen LogP contribution in [0.3, 0.4) is 0 Å². The summed E-state index contributed by atoms with van der Waals surface area (Å²) in [5.74, 6) is -0.192. The van der Waals surface area contributed by atoms with E-state index in [2.05, 4.69) is 10.2 Å². The zero-order valence-corrected chi connectivity index (χ0v) is 18.3. The topological polar surface area (TPSA) is 84.7 Å². The van der Waals surface area contributed by atoms with Crippen molar-refractivity contribution in [3.8, 4) is 5.75 Å². The molecule has 1 aliphatic rings. The fraction of sp³-hybridized carbons (Fsp3) is 0.364. The minimum absolute atomic E-state index is 0.335. The first kappa shape index (κ1) is 22.4. The van der Waals surface area contributed by atoms with Crippen LogP contribution >= 0.6 is 23.2 Å². The Morgan fingerprint density at radius 2 is 1.80 bits per heavy atom. The SMILES string of the molecule is CCOc1cc(CN2CCC(NC(=O)c3ccc(Cl)cc3)(C(N)=O)CC2)ccc1Cl. The average molecular weight is 450 g/mol. The van der Waals surface area contributed by atoms with Crippen LogP contribution in [0.25, 0.3) is 0 Å². The van der Waals surface area contributed by atoms with Gasteiger partial charge in [0.25, 0.3) is 5.91 Å². The molecule has 3 rings (SSSR count). The summed E-state index contributed by atoms with van der Waals surface area (Å²) < 4.78 is 5.56. The lowest BCUT2D eigenvalue weighted by Gasteiger charge is -2.40. The van der Waals surface area contributed by atoms with Gasteiger partial charge in [-0.25, -0.2) is 0 Å². The number of benzene rings is 2. The summed E-state index contributed by atoms with van der Waals surface area (Å²) in [6.07, 6.45) is 0.876. The summed E-state index contributed by atoms with van der Waals surface area (Å²) in [7, 11) is 0. The number of rotatable bonds is 7. The second kappa shape index (κ2) is 9.69. The molecule has 2 aromatic carbocycles. The molecule has 1 saturated heterocycles. The van der Waals surface area contributed by atoms with Crippen LogP contribution in [0, 0.1) is 0 Å². The number of hydrogen-bond donors (Lipinski definition) is 2. The van der Waals surface area contributed by atoms with E-state index in [1.54, 1.807) is 24.3 Å². The standard InChI is InChI=1S/C22H25Cl2N3O3/c1-2-30-19-13-15(3-8-18(19)24)14-27-11-9-22(10-12-27,21(25)29)26-20(28)16-4-6-17(23)7-5-16/h3-8,13H,2,9-12,14H2,1H3,(H2,25,29)(H,26,28). The van der Waals surface area contributed by atoms with Crippen molar-refractivity contribution in [3.63, 3.8) is 0 Å². The van der Waals surface area contributed by atoms with E-state index in [1.807, 2.05) is 25.1 Å². The number of halogens is 2. The Bertz CT molecular complexity index is 910. The molecule has 0 aromatic heterocycles. The summed E-state index contributed by atoms with van der Waals surface area (Å²) >= 11 is 12.0. The molecule has 3 N–H and O–H groups in total. The molecular weight excluding hydrogens is 425 g/mol. The van der Waals surface area contributed by atoms with Crippen LogP contribution < -0.4 is 15.8 Å². The number of ether oxygens (including phenoxy) is 1. The Hall–Kier alpha value is -2.28. The fourth-order valence-electron chi connectivity index (χ4n) is 3.59. The summed E-state index contributed by atoms with van der Waals surface area (Å²) in [4.78, 5) is 27.1. The van der Waals surface area contributed by atoms with Gasteiger partial charge >= 0.3 is 0 Å². The van der Waals surface area contributed by atoms with Gasteiger partial charge in [-0.3, -0.25) is 14.5 Å². The highest BCUT2D eigenvalue weighted by Gasteiger charge is 2.41. The highest BCUT2D eigenvalue weighted by atomic mass is 35.5. The molecule has 0 saturated carbocycles. The quantitative estimate of drug-likeness (QED) is 0.675. The lowest BCUT2D eigenvalue weighted by atomic mass is 9.86. The van der Waals surface area contributed by atoms with Crippen molar-refractivity contribution in [1.82, 2.24) is 10.2 Å². The zero-order valence-electron chi connectivity index (χ0n) is 16.8. The van der Waals surface area contributed by atoms with Crippen molar-refractivity contribution < 1.29 is 14.3 Å². The molecule has 2 amide bonds. The number of nitrogens with zero attached hydrogens (tertiary/aromatic N) is 1. The zero-order chi connectivity index (χ0) is 21.7. The number of piperidine rings is 1. The van der Waals surface area contributed by atoms with Crippen molar-refractivity contribution in [2.45, 2.75) is 31.8 Å². The van der Waals surface area contributed by atoms with Crippen LogP contribution in [0.2, 0.25) is 10.0 Å². The van der Waals surface area contributed by atoms with Crippen LogP contribution in [0.5, 0.6) is 5.75 Å². The molecule has 0 bridgehead atoms. The number of amides is 2.